The molecule has 1 aromatic carbocycles. The molecule has 1 N–H and O–H groups in total. The number of hydrogen-bond acceptors (Lipinski definition) is 5. The Morgan fingerprint density at radius 2 is 2.32 bits per heavy atom. The van der Waals surface area contributed by atoms with E-state index in [-0.39, 0.29) is 6.61 Å². The minimum atomic E-state index is -0.504. The van der Waals surface area contributed by atoms with E-state index in [9.17, 15) is 5.11 Å². The van der Waals surface area contributed by atoms with E-state index in [1.807, 2.05) is 24.3 Å². The molecule has 1 atom stereocenters. The highest BCUT2D eigenvalue weighted by molar-refractivity contribution is 5.29. The maximum absolute atomic E-state index is 9.51. The molecule has 1 aromatic heterocycles. The van der Waals surface area contributed by atoms with Gasteiger partial charge in [0.25, 0.3) is 0 Å². The third kappa shape index (κ3) is 2.93. The molecule has 0 saturated heterocycles. The Bertz CT molecular complexity index is 561. The lowest BCUT2D eigenvalue weighted by atomic mass is 10.1. The molecular formula is C14H16N2O3. The van der Waals surface area contributed by atoms with Gasteiger partial charge in [-0.1, -0.05) is 17.3 Å². The van der Waals surface area contributed by atoms with Gasteiger partial charge in [-0.3, -0.25) is 0 Å². The van der Waals surface area contributed by atoms with Crippen LogP contribution in [0.3, 0.4) is 0 Å². The first-order chi connectivity index (χ1) is 9.22. The van der Waals surface area contributed by atoms with E-state index >= 15 is 0 Å². The van der Waals surface area contributed by atoms with E-state index in [4.69, 9.17) is 9.26 Å². The van der Waals surface area contributed by atoms with Crippen LogP contribution in [0.5, 0.6) is 5.75 Å². The fraction of sp³-hybridized carbons (Fsp3) is 0.429. The average Bonchev–Trinajstić information content (AvgIpc) is 3.16. The molecule has 100 valence electrons. The van der Waals surface area contributed by atoms with Crippen LogP contribution in [-0.4, -0.2) is 15.2 Å². The summed E-state index contributed by atoms with van der Waals surface area (Å²) in [4.78, 5) is 4.29. The molecule has 0 aliphatic heterocycles. The number of rotatable bonds is 5. The van der Waals surface area contributed by atoms with Gasteiger partial charge < -0.3 is 14.4 Å². The second-order valence-corrected chi connectivity index (χ2v) is 4.86. The van der Waals surface area contributed by atoms with Crippen molar-refractivity contribution >= 4 is 0 Å². The van der Waals surface area contributed by atoms with E-state index in [1.54, 1.807) is 6.92 Å². The Balaban J connectivity index is 1.62. The SMILES string of the molecule is C[C@H](O)c1cccc(OCc2noc(C3CC3)n2)c1. The van der Waals surface area contributed by atoms with Crippen molar-refractivity contribution in [3.8, 4) is 5.75 Å². The molecule has 0 bridgehead atoms. The predicted octanol–water partition coefficient (Wildman–Crippen LogP) is 2.58. The van der Waals surface area contributed by atoms with Gasteiger partial charge in [0.2, 0.25) is 11.7 Å². The first kappa shape index (κ1) is 12.2. The second-order valence-electron chi connectivity index (χ2n) is 4.86. The number of aliphatic hydroxyl groups is 1. The first-order valence-electron chi connectivity index (χ1n) is 6.45. The summed E-state index contributed by atoms with van der Waals surface area (Å²) < 4.78 is 10.8. The lowest BCUT2D eigenvalue weighted by Gasteiger charge is -2.07. The Hall–Kier alpha value is -1.88. The molecule has 1 saturated carbocycles. The van der Waals surface area contributed by atoms with Crippen LogP contribution < -0.4 is 4.74 Å². The van der Waals surface area contributed by atoms with Gasteiger partial charge in [0, 0.05) is 5.92 Å². The highest BCUT2D eigenvalue weighted by Crippen LogP contribution is 2.38. The van der Waals surface area contributed by atoms with E-state index < -0.39 is 6.10 Å². The molecule has 0 radical (unpaired) electrons. The Labute approximate surface area is 111 Å². The molecule has 0 spiro atoms. The monoisotopic (exact) mass is 260 g/mol. The van der Waals surface area contributed by atoms with Crippen LogP contribution in [0.1, 0.15) is 49.1 Å². The third-order valence-corrected chi connectivity index (χ3v) is 3.12. The van der Waals surface area contributed by atoms with Gasteiger partial charge in [0.15, 0.2) is 6.61 Å². The molecule has 19 heavy (non-hydrogen) atoms. The van der Waals surface area contributed by atoms with Crippen LogP contribution in [0.2, 0.25) is 0 Å². The fourth-order valence-electron chi connectivity index (χ4n) is 1.83. The van der Waals surface area contributed by atoms with Crippen LogP contribution in [0, 0.1) is 0 Å². The number of benzene rings is 1. The molecule has 2 aromatic rings. The molecule has 0 unspecified atom stereocenters. The number of aromatic nitrogens is 2. The van der Waals surface area contributed by atoms with Crippen LogP contribution in [0.15, 0.2) is 28.8 Å². The predicted molar refractivity (Wildman–Crippen MR) is 67.7 cm³/mol. The Kier molecular flexibility index (Phi) is 3.21. The zero-order chi connectivity index (χ0) is 13.2. The second kappa shape index (κ2) is 5.01. The summed E-state index contributed by atoms with van der Waals surface area (Å²) in [5.41, 5.74) is 0.823. The molecule has 1 heterocycles. The van der Waals surface area contributed by atoms with E-state index in [2.05, 4.69) is 10.1 Å². The summed E-state index contributed by atoms with van der Waals surface area (Å²) >= 11 is 0. The first-order valence-corrected chi connectivity index (χ1v) is 6.45. The summed E-state index contributed by atoms with van der Waals surface area (Å²) in [6.07, 6.45) is 1.77. The summed E-state index contributed by atoms with van der Waals surface area (Å²) in [7, 11) is 0. The molecule has 5 heteroatoms. The normalized spacial score (nSPS) is 16.3. The smallest absolute Gasteiger partial charge is 0.229 e. The van der Waals surface area contributed by atoms with Crippen LogP contribution in [0.25, 0.3) is 0 Å². The van der Waals surface area contributed by atoms with Crippen molar-refractivity contribution in [2.24, 2.45) is 0 Å². The van der Waals surface area contributed by atoms with Crippen molar-refractivity contribution in [1.29, 1.82) is 0 Å². The highest BCUT2D eigenvalue weighted by atomic mass is 16.5. The van der Waals surface area contributed by atoms with Gasteiger partial charge in [-0.15, -0.1) is 0 Å². The van der Waals surface area contributed by atoms with Crippen molar-refractivity contribution in [1.82, 2.24) is 10.1 Å². The number of ether oxygens (including phenoxy) is 1. The van der Waals surface area contributed by atoms with Crippen molar-refractivity contribution in [2.75, 3.05) is 0 Å². The minimum absolute atomic E-state index is 0.277. The van der Waals surface area contributed by atoms with Crippen molar-refractivity contribution in [2.45, 2.75) is 38.4 Å². The van der Waals surface area contributed by atoms with E-state index in [0.717, 1.165) is 24.3 Å². The number of hydrogen-bond donors (Lipinski definition) is 1. The van der Waals surface area contributed by atoms with Crippen molar-refractivity contribution in [3.63, 3.8) is 0 Å². The van der Waals surface area contributed by atoms with Gasteiger partial charge in [-0.25, -0.2) is 0 Å². The van der Waals surface area contributed by atoms with Gasteiger partial charge in [-0.2, -0.15) is 4.98 Å². The topological polar surface area (TPSA) is 68.4 Å². The number of aliphatic hydroxyl groups excluding tert-OH is 1. The average molecular weight is 260 g/mol. The molecule has 0 amide bonds. The van der Waals surface area contributed by atoms with Crippen LogP contribution in [-0.2, 0) is 6.61 Å². The van der Waals surface area contributed by atoms with E-state index in [1.165, 1.54) is 0 Å². The zero-order valence-corrected chi connectivity index (χ0v) is 10.7. The molecular weight excluding hydrogens is 244 g/mol. The summed E-state index contributed by atoms with van der Waals surface area (Å²) in [6.45, 7) is 2.00. The number of nitrogens with zero attached hydrogens (tertiary/aromatic N) is 2. The fourth-order valence-corrected chi connectivity index (χ4v) is 1.83. The maximum Gasteiger partial charge on any atom is 0.229 e. The van der Waals surface area contributed by atoms with Gasteiger partial charge >= 0.3 is 0 Å². The Morgan fingerprint density at radius 3 is 3.05 bits per heavy atom. The Morgan fingerprint density at radius 1 is 1.47 bits per heavy atom. The standard InChI is InChI=1S/C14H16N2O3/c1-9(17)11-3-2-4-12(7-11)18-8-13-15-14(19-16-13)10-5-6-10/h2-4,7,9-10,17H,5-6,8H2,1H3/t9-/m0/s1. The lowest BCUT2D eigenvalue weighted by Crippen LogP contribution is -1.99. The molecule has 5 nitrogen and oxygen atoms in total. The quantitative estimate of drug-likeness (QED) is 0.894. The lowest BCUT2D eigenvalue weighted by molar-refractivity contribution is 0.198. The van der Waals surface area contributed by atoms with Crippen LogP contribution >= 0.6 is 0 Å². The van der Waals surface area contributed by atoms with Crippen molar-refractivity contribution < 1.29 is 14.4 Å². The molecule has 3 rings (SSSR count). The largest absolute Gasteiger partial charge is 0.485 e. The van der Waals surface area contributed by atoms with Crippen molar-refractivity contribution in [3.05, 3.63) is 41.5 Å². The maximum atomic E-state index is 9.51. The minimum Gasteiger partial charge on any atom is -0.485 e. The highest BCUT2D eigenvalue weighted by Gasteiger charge is 2.29. The molecule has 1 aliphatic carbocycles. The van der Waals surface area contributed by atoms with Gasteiger partial charge in [0.05, 0.1) is 6.10 Å². The summed E-state index contributed by atoms with van der Waals surface area (Å²) in [5.74, 6) is 2.43. The summed E-state index contributed by atoms with van der Waals surface area (Å²) in [5, 5.41) is 13.4. The zero-order valence-electron chi connectivity index (χ0n) is 10.7. The molecule has 1 aliphatic rings. The van der Waals surface area contributed by atoms with Gasteiger partial charge in [0.1, 0.15) is 5.75 Å². The van der Waals surface area contributed by atoms with E-state index in [0.29, 0.717) is 17.5 Å². The van der Waals surface area contributed by atoms with Crippen LogP contribution in [0.4, 0.5) is 0 Å². The third-order valence-electron chi connectivity index (χ3n) is 3.12. The van der Waals surface area contributed by atoms with Gasteiger partial charge in [-0.05, 0) is 37.5 Å². The summed E-state index contributed by atoms with van der Waals surface area (Å²) in [6, 6.07) is 7.36. The molecule has 1 fully saturated rings.